The van der Waals surface area contributed by atoms with Crippen LogP contribution in [-0.4, -0.2) is 51.3 Å². The Kier molecular flexibility index (Phi) is 9.47. The van der Waals surface area contributed by atoms with E-state index in [0.717, 1.165) is 5.39 Å². The minimum atomic E-state index is -5.42. The van der Waals surface area contributed by atoms with E-state index in [1.165, 1.54) is 6.92 Å². The van der Waals surface area contributed by atoms with Crippen molar-refractivity contribution in [1.29, 1.82) is 0 Å². The van der Waals surface area contributed by atoms with Crippen molar-refractivity contribution in [2.75, 3.05) is 6.54 Å². The highest BCUT2D eigenvalue weighted by Crippen LogP contribution is 2.34. The molecular formula is C26H27F3N4O4S. The van der Waals surface area contributed by atoms with Crippen molar-refractivity contribution in [2.24, 2.45) is 11.5 Å². The van der Waals surface area contributed by atoms with Crippen LogP contribution in [0, 0.1) is 0 Å². The van der Waals surface area contributed by atoms with Crippen LogP contribution in [0.2, 0.25) is 0 Å². The van der Waals surface area contributed by atoms with Gasteiger partial charge in [0.15, 0.2) is 0 Å². The van der Waals surface area contributed by atoms with Crippen molar-refractivity contribution in [1.82, 2.24) is 10.0 Å². The Labute approximate surface area is 221 Å². The molecule has 0 aliphatic rings. The number of rotatable bonds is 9. The third-order valence-electron chi connectivity index (χ3n) is 5.75. The van der Waals surface area contributed by atoms with E-state index in [4.69, 9.17) is 11.5 Å². The number of benzene rings is 2. The van der Waals surface area contributed by atoms with Gasteiger partial charge in [0.05, 0.1) is 11.6 Å². The highest BCUT2D eigenvalue weighted by molar-refractivity contribution is 8.13. The van der Waals surface area contributed by atoms with E-state index in [-0.39, 0.29) is 35.9 Å². The Balaban J connectivity index is 1.97. The van der Waals surface area contributed by atoms with Gasteiger partial charge in [-0.15, -0.1) is 0 Å². The molecule has 0 unspecified atom stereocenters. The predicted octanol–water partition coefficient (Wildman–Crippen LogP) is 3.77. The number of hydrogen-bond donors (Lipinski definition) is 2. The molecule has 3 aromatic rings. The first-order valence-electron chi connectivity index (χ1n) is 11.7. The number of alkyl halides is 3. The summed E-state index contributed by atoms with van der Waals surface area (Å²) in [7, 11) is 0. The average molecular weight is 549 g/mol. The summed E-state index contributed by atoms with van der Waals surface area (Å²) < 4.78 is 39.6. The first-order valence-corrected chi connectivity index (χ1v) is 12.5. The second-order valence-corrected chi connectivity index (χ2v) is 9.70. The lowest BCUT2D eigenvalue weighted by Crippen LogP contribution is -2.60. The predicted molar refractivity (Wildman–Crippen MR) is 136 cm³/mol. The standard InChI is InChI=1S/C26H27F3N4O4S/c1-25(14-7-15-30,24(36)38-21-13-12-18-10-5-6-11-20(18)32-21)33(37-23(35)26(27,28)29)22(34)19(31)16-17-8-3-2-4-9-17/h2-6,8-13,19H,7,14-16,30-31H2,1H3/t19-,25-/m0/s1. The Hall–Kier alpha value is -3.48. The second kappa shape index (κ2) is 12.4. The number of fused-ring (bicyclic) bond motifs is 1. The Bertz CT molecular complexity index is 1290. The number of pyridine rings is 1. The van der Waals surface area contributed by atoms with Crippen LogP contribution >= 0.6 is 11.8 Å². The number of hydroxylamine groups is 2. The summed E-state index contributed by atoms with van der Waals surface area (Å²) in [5.41, 5.74) is 10.8. The fourth-order valence-electron chi connectivity index (χ4n) is 3.67. The topological polar surface area (TPSA) is 129 Å². The van der Waals surface area contributed by atoms with Gasteiger partial charge in [-0.1, -0.05) is 54.6 Å². The first-order chi connectivity index (χ1) is 18.0. The van der Waals surface area contributed by atoms with Gasteiger partial charge in [0, 0.05) is 5.39 Å². The number of amides is 1. The molecule has 0 saturated carbocycles. The Morgan fingerprint density at radius 2 is 1.68 bits per heavy atom. The van der Waals surface area contributed by atoms with E-state index < -0.39 is 34.7 Å². The maximum absolute atomic E-state index is 13.6. The van der Waals surface area contributed by atoms with Gasteiger partial charge in [0.25, 0.3) is 5.91 Å². The summed E-state index contributed by atoms with van der Waals surface area (Å²) in [6, 6.07) is 17.6. The van der Waals surface area contributed by atoms with E-state index in [0.29, 0.717) is 22.8 Å². The highest BCUT2D eigenvalue weighted by Gasteiger charge is 2.51. The van der Waals surface area contributed by atoms with Crippen LogP contribution in [0.4, 0.5) is 13.2 Å². The number of carbonyl (C=O) groups excluding carboxylic acids is 3. The lowest BCUT2D eigenvalue weighted by atomic mass is 9.95. The zero-order valence-electron chi connectivity index (χ0n) is 20.5. The van der Waals surface area contributed by atoms with Crippen molar-refractivity contribution < 1.29 is 32.4 Å². The molecule has 0 spiro atoms. The van der Waals surface area contributed by atoms with Gasteiger partial charge in [-0.05, 0) is 62.2 Å². The molecule has 38 heavy (non-hydrogen) atoms. The van der Waals surface area contributed by atoms with Gasteiger partial charge in [0.2, 0.25) is 5.12 Å². The number of para-hydroxylation sites is 1. The van der Waals surface area contributed by atoms with Crippen LogP contribution in [0.1, 0.15) is 25.3 Å². The molecular weight excluding hydrogens is 521 g/mol. The molecule has 0 aliphatic heterocycles. The summed E-state index contributed by atoms with van der Waals surface area (Å²) >= 11 is 0.614. The number of aromatic nitrogens is 1. The van der Waals surface area contributed by atoms with Gasteiger partial charge < -0.3 is 16.3 Å². The molecule has 0 fully saturated rings. The van der Waals surface area contributed by atoms with Crippen LogP contribution in [0.15, 0.2) is 71.8 Å². The normalized spacial score (nSPS) is 13.9. The fraction of sp³-hybridized carbons (Fsp3) is 0.308. The van der Waals surface area contributed by atoms with E-state index in [1.54, 1.807) is 54.6 Å². The van der Waals surface area contributed by atoms with Crippen molar-refractivity contribution >= 4 is 39.7 Å². The fourth-order valence-corrected chi connectivity index (χ4v) is 4.55. The molecule has 0 saturated heterocycles. The van der Waals surface area contributed by atoms with Crippen LogP contribution in [-0.2, 0) is 25.6 Å². The number of thioether (sulfide) groups is 1. The lowest BCUT2D eigenvalue weighted by molar-refractivity contribution is -0.251. The zero-order chi connectivity index (χ0) is 27.9. The molecule has 2 aromatic carbocycles. The third-order valence-corrected chi connectivity index (χ3v) is 6.81. The summed E-state index contributed by atoms with van der Waals surface area (Å²) in [5.74, 6) is -3.82. The van der Waals surface area contributed by atoms with Crippen LogP contribution in [0.5, 0.6) is 0 Å². The van der Waals surface area contributed by atoms with Crippen LogP contribution < -0.4 is 11.5 Å². The minimum absolute atomic E-state index is 0.0626. The number of nitrogens with two attached hydrogens (primary N) is 2. The minimum Gasteiger partial charge on any atom is -0.330 e. The molecule has 0 aliphatic carbocycles. The highest BCUT2D eigenvalue weighted by atomic mass is 32.2. The average Bonchev–Trinajstić information content (AvgIpc) is 2.89. The summed E-state index contributed by atoms with van der Waals surface area (Å²) in [6.45, 7) is 1.28. The molecule has 8 nitrogen and oxygen atoms in total. The SMILES string of the molecule is C[C@](CCCN)(C(=O)Sc1ccc2ccccc2n1)N(OC(=O)C(F)(F)F)C(=O)[C@@H](N)Cc1ccccc1. The number of hydrogen-bond acceptors (Lipinski definition) is 8. The smallest absolute Gasteiger partial charge is 0.330 e. The molecule has 1 aromatic heterocycles. The summed E-state index contributed by atoms with van der Waals surface area (Å²) in [6.07, 6.45) is -5.56. The molecule has 1 heterocycles. The molecule has 0 radical (unpaired) electrons. The maximum atomic E-state index is 13.6. The van der Waals surface area contributed by atoms with Gasteiger partial charge in [-0.2, -0.15) is 18.2 Å². The zero-order valence-corrected chi connectivity index (χ0v) is 21.3. The Morgan fingerprint density at radius 1 is 1.03 bits per heavy atom. The van der Waals surface area contributed by atoms with Crippen molar-refractivity contribution in [2.45, 2.75) is 49.0 Å². The first kappa shape index (κ1) is 29.1. The lowest BCUT2D eigenvalue weighted by Gasteiger charge is -2.38. The molecule has 2 atom stereocenters. The molecule has 202 valence electrons. The largest absolute Gasteiger partial charge is 0.493 e. The van der Waals surface area contributed by atoms with Gasteiger partial charge in [-0.3, -0.25) is 9.59 Å². The van der Waals surface area contributed by atoms with Gasteiger partial charge in [-0.25, -0.2) is 9.78 Å². The number of nitrogens with zero attached hydrogens (tertiary/aromatic N) is 2. The third kappa shape index (κ3) is 7.09. The van der Waals surface area contributed by atoms with E-state index >= 15 is 0 Å². The maximum Gasteiger partial charge on any atom is 0.493 e. The molecule has 3 rings (SSSR count). The molecule has 0 bridgehead atoms. The van der Waals surface area contributed by atoms with Crippen LogP contribution in [0.3, 0.4) is 0 Å². The molecule has 1 amide bonds. The van der Waals surface area contributed by atoms with Crippen molar-refractivity contribution in [3.8, 4) is 0 Å². The van der Waals surface area contributed by atoms with Gasteiger partial charge in [0.1, 0.15) is 10.6 Å². The monoisotopic (exact) mass is 548 g/mol. The number of halogens is 3. The number of carbonyl (C=O) groups is 3. The van der Waals surface area contributed by atoms with Crippen LogP contribution in [0.25, 0.3) is 10.9 Å². The van der Waals surface area contributed by atoms with Crippen molar-refractivity contribution in [3.63, 3.8) is 0 Å². The van der Waals surface area contributed by atoms with Crippen molar-refractivity contribution in [3.05, 3.63) is 72.3 Å². The van der Waals surface area contributed by atoms with E-state index in [9.17, 15) is 27.6 Å². The molecule has 4 N–H and O–H groups in total. The summed E-state index contributed by atoms with van der Waals surface area (Å²) in [4.78, 5) is 47.9. The van der Waals surface area contributed by atoms with Gasteiger partial charge >= 0.3 is 12.1 Å². The quantitative estimate of drug-likeness (QED) is 0.306. The van der Waals surface area contributed by atoms with E-state index in [2.05, 4.69) is 9.82 Å². The summed E-state index contributed by atoms with van der Waals surface area (Å²) in [5, 5.41) is 0.459. The Morgan fingerprint density at radius 3 is 2.34 bits per heavy atom. The molecule has 12 heteroatoms. The van der Waals surface area contributed by atoms with E-state index in [1.807, 2.05) is 12.1 Å². The second-order valence-electron chi connectivity index (χ2n) is 8.70.